The fourth-order valence-corrected chi connectivity index (χ4v) is 8.61. The van der Waals surface area contributed by atoms with Gasteiger partial charge in [-0.05, 0) is 33.1 Å². The lowest BCUT2D eigenvalue weighted by Gasteiger charge is -2.47. The van der Waals surface area contributed by atoms with Crippen LogP contribution in [0.5, 0.6) is 0 Å². The Morgan fingerprint density at radius 1 is 0.722 bits per heavy atom. The molecule has 3 aliphatic heterocycles. The maximum Gasteiger partial charge on any atom is 0.407 e. The number of esters is 1. The molecular weight excluding hydrogens is 943 g/mol. The number of fused-ring (bicyclic) bond motifs is 2. The summed E-state index contributed by atoms with van der Waals surface area (Å²) in [7, 11) is 1.22. The van der Waals surface area contributed by atoms with E-state index in [4.69, 9.17) is 28.4 Å². The standard InChI is InChI=1S/C52H79NO19/c1-7-24-68-51(66)53-45-47(62)34(5)70-50(48(45)63)71-38-21-19-17-15-13-11-9-8-10-12-14-16-18-20-31(2)46(61)32(3)33(4)69-43(60)27-36(55)25-35(54)22-23-39(57)40(58)26-37(56)29-52(67-6)30-41(59)44(49(64)65)42(28-38)72-52/h7-21,31-42,44-48,50,54-59,61-63H,1,22-30H2,2-6H3,(H,53,66)(H,64,65)/b9-8+,12-10+,13-11+,16-14+,17-15+,20-18+,21-19+/t31-,32-,33-,34+,35+,36+,37-,38-,39+,40+,41-,42-,44+,45-,46+,47+,48-,50-,52+/m0/s1. The topological polar surface area (TPSA) is 321 Å². The molecule has 2 fully saturated rings. The van der Waals surface area contributed by atoms with E-state index in [1.807, 2.05) is 13.0 Å². The molecule has 3 aliphatic rings. The minimum atomic E-state index is -1.84. The van der Waals surface area contributed by atoms with Gasteiger partial charge in [0.15, 0.2) is 12.1 Å². The monoisotopic (exact) mass is 1020 g/mol. The van der Waals surface area contributed by atoms with Crippen molar-refractivity contribution in [1.82, 2.24) is 5.32 Å². The molecule has 0 aliphatic carbocycles. The second kappa shape index (κ2) is 31.4. The lowest BCUT2D eigenvalue weighted by molar-refractivity contribution is -0.317. The Kier molecular flexibility index (Phi) is 27.0. The molecule has 0 aromatic heterocycles. The minimum Gasteiger partial charge on any atom is -0.481 e. The highest BCUT2D eigenvalue weighted by molar-refractivity contribution is 5.72. The fraction of sp³-hybridized carbons (Fsp3) is 0.635. The summed E-state index contributed by atoms with van der Waals surface area (Å²) in [4.78, 5) is 37.9. The highest BCUT2D eigenvalue weighted by Crippen LogP contribution is 2.40. The molecule has 0 spiro atoms. The number of allylic oxidation sites excluding steroid dienone is 12. The molecule has 11 N–H and O–H groups in total. The summed E-state index contributed by atoms with van der Waals surface area (Å²) in [5, 5.41) is 111. The third-order valence-corrected chi connectivity index (χ3v) is 12.9. The molecule has 2 bridgehead atoms. The van der Waals surface area contributed by atoms with Crippen LogP contribution in [0.2, 0.25) is 0 Å². The number of aliphatic hydroxyl groups excluding tert-OH is 9. The number of carboxylic acid groups (broad SMARTS) is 1. The summed E-state index contributed by atoms with van der Waals surface area (Å²) < 4.78 is 34.6. The van der Waals surface area contributed by atoms with Crippen LogP contribution in [-0.4, -0.2) is 180 Å². The second-order valence-corrected chi connectivity index (χ2v) is 18.7. The maximum absolute atomic E-state index is 12.7. The molecule has 19 atom stereocenters. The number of ether oxygens (including phenoxy) is 6. The van der Waals surface area contributed by atoms with Crippen molar-refractivity contribution in [3.05, 3.63) is 97.7 Å². The van der Waals surface area contributed by atoms with Crippen LogP contribution in [-0.2, 0) is 38.0 Å². The molecule has 0 unspecified atom stereocenters. The van der Waals surface area contributed by atoms with Crippen molar-refractivity contribution >= 4 is 18.0 Å². The van der Waals surface area contributed by atoms with E-state index in [1.54, 1.807) is 86.8 Å². The average molecular weight is 1020 g/mol. The van der Waals surface area contributed by atoms with Gasteiger partial charge in [0.2, 0.25) is 0 Å². The zero-order chi connectivity index (χ0) is 53.5. The van der Waals surface area contributed by atoms with Crippen LogP contribution in [0.1, 0.15) is 79.1 Å². The lowest BCUT2D eigenvalue weighted by Crippen LogP contribution is -2.64. The smallest absolute Gasteiger partial charge is 0.407 e. The predicted molar refractivity (Wildman–Crippen MR) is 262 cm³/mol. The normalized spacial score (nSPS) is 42.0. The van der Waals surface area contributed by atoms with Gasteiger partial charge in [-0.15, -0.1) is 0 Å². The predicted octanol–water partition coefficient (Wildman–Crippen LogP) is 2.32. The number of cyclic esters (lactones) is 1. The van der Waals surface area contributed by atoms with Crippen LogP contribution in [0.15, 0.2) is 97.7 Å². The van der Waals surface area contributed by atoms with Crippen LogP contribution >= 0.6 is 0 Å². The number of methoxy groups -OCH3 is 1. The quantitative estimate of drug-likeness (QED) is 0.129. The van der Waals surface area contributed by atoms with Crippen molar-refractivity contribution in [2.24, 2.45) is 17.8 Å². The van der Waals surface area contributed by atoms with Gasteiger partial charge >= 0.3 is 18.0 Å². The molecule has 0 aromatic carbocycles. The molecule has 406 valence electrons. The van der Waals surface area contributed by atoms with Gasteiger partial charge in [0.05, 0.1) is 73.5 Å². The fourth-order valence-electron chi connectivity index (χ4n) is 8.61. The van der Waals surface area contributed by atoms with E-state index in [2.05, 4.69) is 11.9 Å². The Labute approximate surface area is 421 Å². The third-order valence-electron chi connectivity index (χ3n) is 12.9. The molecule has 20 heteroatoms. The van der Waals surface area contributed by atoms with Gasteiger partial charge in [-0.25, -0.2) is 4.79 Å². The third kappa shape index (κ3) is 20.5. The summed E-state index contributed by atoms with van der Waals surface area (Å²) in [6.45, 7) is 10.0. The van der Waals surface area contributed by atoms with Crippen LogP contribution < -0.4 is 5.32 Å². The zero-order valence-corrected chi connectivity index (χ0v) is 41.8. The van der Waals surface area contributed by atoms with Crippen LogP contribution in [0.4, 0.5) is 4.79 Å². The zero-order valence-electron chi connectivity index (χ0n) is 41.8. The van der Waals surface area contributed by atoms with E-state index in [-0.39, 0.29) is 38.2 Å². The number of carboxylic acids is 1. The van der Waals surface area contributed by atoms with Crippen LogP contribution in [0.3, 0.4) is 0 Å². The first-order valence-corrected chi connectivity index (χ1v) is 24.4. The van der Waals surface area contributed by atoms with Gasteiger partial charge < -0.3 is 84.8 Å². The van der Waals surface area contributed by atoms with E-state index in [9.17, 15) is 65.4 Å². The first kappa shape index (κ1) is 61.9. The van der Waals surface area contributed by atoms with Crippen molar-refractivity contribution in [3.63, 3.8) is 0 Å². The van der Waals surface area contributed by atoms with E-state index in [0.29, 0.717) is 0 Å². The van der Waals surface area contributed by atoms with Crippen LogP contribution in [0.25, 0.3) is 0 Å². The average Bonchev–Trinajstić information content (AvgIpc) is 3.31. The number of hydrogen-bond donors (Lipinski definition) is 11. The summed E-state index contributed by atoms with van der Waals surface area (Å²) in [5.74, 6) is -6.32. The summed E-state index contributed by atoms with van der Waals surface area (Å²) in [6, 6.07) is -1.34. The van der Waals surface area contributed by atoms with Gasteiger partial charge in [-0.1, -0.05) is 112 Å². The van der Waals surface area contributed by atoms with E-state index >= 15 is 0 Å². The number of alkyl carbamates (subject to hydrolysis) is 1. The number of amides is 1. The van der Waals surface area contributed by atoms with Gasteiger partial charge in [0, 0.05) is 44.6 Å². The highest BCUT2D eigenvalue weighted by atomic mass is 16.7. The first-order valence-electron chi connectivity index (χ1n) is 24.4. The Morgan fingerprint density at radius 2 is 1.32 bits per heavy atom. The summed E-state index contributed by atoms with van der Waals surface area (Å²) in [5.41, 5.74) is 0. The maximum atomic E-state index is 12.7. The van der Waals surface area contributed by atoms with E-state index in [0.717, 1.165) is 0 Å². The molecule has 72 heavy (non-hydrogen) atoms. The highest BCUT2D eigenvalue weighted by Gasteiger charge is 2.52. The van der Waals surface area contributed by atoms with Crippen molar-refractivity contribution in [1.29, 1.82) is 0 Å². The van der Waals surface area contributed by atoms with Crippen molar-refractivity contribution in [3.8, 4) is 0 Å². The lowest BCUT2D eigenvalue weighted by atomic mass is 9.82. The first-order chi connectivity index (χ1) is 34.1. The number of carbonyl (C=O) groups is 3. The molecule has 0 radical (unpaired) electrons. The molecule has 20 nitrogen and oxygen atoms in total. The molecule has 1 amide bonds. The molecule has 0 saturated carbocycles. The van der Waals surface area contributed by atoms with Gasteiger partial charge in [0.25, 0.3) is 0 Å². The van der Waals surface area contributed by atoms with E-state index < -0.39 is 153 Å². The van der Waals surface area contributed by atoms with Gasteiger partial charge in [-0.2, -0.15) is 0 Å². The van der Waals surface area contributed by atoms with Gasteiger partial charge in [0.1, 0.15) is 30.8 Å². The minimum absolute atomic E-state index is 0.102. The molecular formula is C52H79NO19. The Balaban J connectivity index is 1.94. The Hall–Kier alpha value is -4.39. The number of hydrogen-bond acceptors (Lipinski definition) is 18. The second-order valence-electron chi connectivity index (χ2n) is 18.7. The van der Waals surface area contributed by atoms with Crippen molar-refractivity contribution in [2.45, 2.75) is 177 Å². The van der Waals surface area contributed by atoms with Crippen LogP contribution in [0, 0.1) is 17.8 Å². The number of nitrogens with one attached hydrogen (secondary N) is 1. The summed E-state index contributed by atoms with van der Waals surface area (Å²) in [6.07, 6.45) is 3.78. The van der Waals surface area contributed by atoms with Crippen molar-refractivity contribution in [2.75, 3.05) is 13.7 Å². The SMILES string of the molecule is C=CCOC(=O)N[C@@H]1[C@H](O)[C@H](O[C@H]2/C=C/C=C/C=C/C=C/C=C/C=C/C=C/[C@H](C)[C@@H](O)[C@@H](C)[C@H](C)OC(=O)C[C@H](O)C[C@H](O)CC[C@@H](O)[C@H](O)C[C@H](O)C[C@]3(OC)C[C@H](O)[C@@H](C(=O)O)[C@H](C2)O3)O[C@H](C)[C@H]1O. The van der Waals surface area contributed by atoms with E-state index in [1.165, 1.54) is 26.2 Å². The number of aliphatic hydroxyl groups is 9. The Morgan fingerprint density at radius 3 is 1.90 bits per heavy atom. The molecule has 3 rings (SSSR count). The largest absolute Gasteiger partial charge is 0.481 e. The molecule has 2 saturated heterocycles. The number of rotatable bonds is 7. The number of carbonyl (C=O) groups excluding carboxylic acids is 2. The number of aliphatic carboxylic acids is 1. The molecule has 0 aromatic rings. The van der Waals surface area contributed by atoms with Crippen molar-refractivity contribution < 1.29 is 93.9 Å². The Bertz CT molecular complexity index is 1880. The van der Waals surface area contributed by atoms with Gasteiger partial charge in [-0.3, -0.25) is 9.59 Å². The molecule has 3 heterocycles. The summed E-state index contributed by atoms with van der Waals surface area (Å²) >= 11 is 0.